The van der Waals surface area contributed by atoms with Crippen molar-refractivity contribution in [3.8, 4) is 5.75 Å². The molecule has 1 aromatic carbocycles. The Morgan fingerprint density at radius 2 is 2.29 bits per heavy atom. The van der Waals surface area contributed by atoms with Gasteiger partial charge in [-0.2, -0.15) is 0 Å². The summed E-state index contributed by atoms with van der Waals surface area (Å²) < 4.78 is 25.0. The zero-order valence-electron chi connectivity index (χ0n) is 15.4. The van der Waals surface area contributed by atoms with Crippen LogP contribution in [0.4, 0.5) is 14.9 Å². The highest BCUT2D eigenvalue weighted by Crippen LogP contribution is 2.27. The molecule has 1 fully saturated rings. The zero-order valence-corrected chi connectivity index (χ0v) is 15.4. The molecule has 2 aliphatic heterocycles. The first-order valence-electron chi connectivity index (χ1n) is 9.39. The van der Waals surface area contributed by atoms with Crippen LogP contribution in [0, 0.1) is 5.82 Å². The highest BCUT2D eigenvalue weighted by atomic mass is 19.1. The van der Waals surface area contributed by atoms with Gasteiger partial charge in [0.15, 0.2) is 0 Å². The van der Waals surface area contributed by atoms with E-state index >= 15 is 0 Å². The summed E-state index contributed by atoms with van der Waals surface area (Å²) in [7, 11) is 0. The second-order valence-electron chi connectivity index (χ2n) is 7.00. The van der Waals surface area contributed by atoms with Crippen molar-refractivity contribution in [1.82, 2.24) is 9.88 Å². The first-order valence-corrected chi connectivity index (χ1v) is 9.39. The molecule has 2 aromatic rings. The van der Waals surface area contributed by atoms with Crippen molar-refractivity contribution in [2.24, 2.45) is 0 Å². The number of aromatic nitrogens is 1. The minimum atomic E-state index is -0.472. The Morgan fingerprint density at radius 1 is 1.39 bits per heavy atom. The van der Waals surface area contributed by atoms with Gasteiger partial charge >= 0.3 is 6.03 Å². The van der Waals surface area contributed by atoms with Crippen LogP contribution >= 0.6 is 0 Å². The molecule has 8 heteroatoms. The Balaban J connectivity index is 1.46. The number of anilines is 1. The lowest BCUT2D eigenvalue weighted by atomic mass is 10.0. The number of hydrogen-bond acceptors (Lipinski definition) is 4. The molecule has 0 radical (unpaired) electrons. The number of ether oxygens (including phenoxy) is 2. The van der Waals surface area contributed by atoms with Gasteiger partial charge in [0.2, 0.25) is 0 Å². The molecule has 3 heterocycles. The number of halogens is 1. The SMILES string of the molecule is O=C(Nc1cc(F)ccc1OCC1CCCO1)N1CCc2cc[nH]c(=O)c2C1. The molecule has 0 bridgehead atoms. The van der Waals surface area contributed by atoms with E-state index < -0.39 is 11.8 Å². The predicted octanol–water partition coefficient (Wildman–Crippen LogP) is 2.66. The van der Waals surface area contributed by atoms with Crippen LogP contribution in [0.2, 0.25) is 0 Å². The van der Waals surface area contributed by atoms with Gasteiger partial charge in [0, 0.05) is 31.0 Å². The third-order valence-corrected chi connectivity index (χ3v) is 5.08. The minimum Gasteiger partial charge on any atom is -0.489 e. The van der Waals surface area contributed by atoms with Crippen molar-refractivity contribution in [2.75, 3.05) is 25.1 Å². The van der Waals surface area contributed by atoms with E-state index in [0.717, 1.165) is 25.0 Å². The molecule has 7 nitrogen and oxygen atoms in total. The fourth-order valence-corrected chi connectivity index (χ4v) is 3.54. The molecule has 1 aromatic heterocycles. The molecular weight excluding hydrogens is 365 g/mol. The van der Waals surface area contributed by atoms with E-state index in [2.05, 4.69) is 10.3 Å². The monoisotopic (exact) mass is 387 g/mol. The molecule has 2 aliphatic rings. The van der Waals surface area contributed by atoms with Gasteiger partial charge in [0.05, 0.1) is 18.3 Å². The number of urea groups is 1. The number of hydrogen-bond donors (Lipinski definition) is 2. The molecule has 1 saturated heterocycles. The number of nitrogens with one attached hydrogen (secondary N) is 2. The summed E-state index contributed by atoms with van der Waals surface area (Å²) in [6.07, 6.45) is 4.14. The Kier molecular flexibility index (Phi) is 5.29. The van der Waals surface area contributed by atoms with Crippen LogP contribution in [0.3, 0.4) is 0 Å². The maximum atomic E-state index is 13.7. The number of rotatable bonds is 4. The highest BCUT2D eigenvalue weighted by molar-refractivity contribution is 5.91. The van der Waals surface area contributed by atoms with E-state index in [1.807, 2.05) is 6.07 Å². The van der Waals surface area contributed by atoms with Gasteiger partial charge in [-0.15, -0.1) is 0 Å². The molecule has 0 saturated carbocycles. The number of aromatic amines is 1. The number of amides is 2. The number of H-pyrrole nitrogens is 1. The maximum absolute atomic E-state index is 13.7. The number of benzene rings is 1. The number of nitrogens with zero attached hydrogens (tertiary/aromatic N) is 1. The van der Waals surface area contributed by atoms with E-state index in [9.17, 15) is 14.0 Å². The van der Waals surface area contributed by atoms with Crippen LogP contribution < -0.4 is 15.6 Å². The van der Waals surface area contributed by atoms with Crippen LogP contribution in [-0.2, 0) is 17.7 Å². The van der Waals surface area contributed by atoms with Gasteiger partial charge < -0.3 is 24.7 Å². The summed E-state index contributed by atoms with van der Waals surface area (Å²) in [4.78, 5) is 28.9. The summed E-state index contributed by atoms with van der Waals surface area (Å²) in [5.74, 6) is -0.0827. The minimum absolute atomic E-state index is 0.0129. The standard InChI is InChI=1S/C20H22FN3O4/c21-14-3-4-18(28-12-15-2-1-9-27-15)17(10-14)23-20(26)24-8-6-13-5-7-22-19(25)16(13)11-24/h3-5,7,10,15H,1-2,6,8-9,11-12H2,(H,22,25)(H,23,26). The van der Waals surface area contributed by atoms with E-state index in [1.54, 1.807) is 6.20 Å². The number of pyridine rings is 1. The Labute approximate surface area is 161 Å². The van der Waals surface area contributed by atoms with Crippen molar-refractivity contribution in [3.63, 3.8) is 0 Å². The lowest BCUT2D eigenvalue weighted by molar-refractivity contribution is 0.0682. The molecule has 2 amide bonds. The first kappa shape index (κ1) is 18.5. The second-order valence-corrected chi connectivity index (χ2v) is 7.00. The third-order valence-electron chi connectivity index (χ3n) is 5.08. The summed E-state index contributed by atoms with van der Waals surface area (Å²) in [5, 5.41) is 2.72. The van der Waals surface area contributed by atoms with Gasteiger partial charge in [0.1, 0.15) is 18.2 Å². The number of carbonyl (C=O) groups excluding carboxylic acids is 1. The second kappa shape index (κ2) is 8.02. The summed E-state index contributed by atoms with van der Waals surface area (Å²) in [6, 6.07) is 5.47. The topological polar surface area (TPSA) is 83.7 Å². The molecule has 28 heavy (non-hydrogen) atoms. The van der Waals surface area contributed by atoms with Crippen molar-refractivity contribution >= 4 is 11.7 Å². The average Bonchev–Trinajstić information content (AvgIpc) is 3.21. The molecule has 1 atom stereocenters. The zero-order chi connectivity index (χ0) is 19.5. The van der Waals surface area contributed by atoms with Crippen molar-refractivity contribution < 1.29 is 18.7 Å². The fourth-order valence-electron chi connectivity index (χ4n) is 3.54. The van der Waals surface area contributed by atoms with Crippen LogP contribution in [0.25, 0.3) is 0 Å². The molecule has 0 spiro atoms. The molecule has 4 rings (SSSR count). The largest absolute Gasteiger partial charge is 0.489 e. The summed E-state index contributed by atoms with van der Waals surface area (Å²) in [6.45, 7) is 1.75. The van der Waals surface area contributed by atoms with Crippen LogP contribution in [0.15, 0.2) is 35.3 Å². The smallest absolute Gasteiger partial charge is 0.322 e. The quantitative estimate of drug-likeness (QED) is 0.845. The van der Waals surface area contributed by atoms with Gasteiger partial charge in [-0.05, 0) is 43.0 Å². The van der Waals surface area contributed by atoms with Gasteiger partial charge in [-0.1, -0.05) is 0 Å². The molecule has 0 aliphatic carbocycles. The van der Waals surface area contributed by atoms with Gasteiger partial charge in [-0.25, -0.2) is 9.18 Å². The number of carbonyl (C=O) groups is 1. The molecule has 148 valence electrons. The fraction of sp³-hybridized carbons (Fsp3) is 0.400. The highest BCUT2D eigenvalue weighted by Gasteiger charge is 2.24. The van der Waals surface area contributed by atoms with E-state index in [0.29, 0.717) is 30.9 Å². The molecule has 2 N–H and O–H groups in total. The van der Waals surface area contributed by atoms with Crippen molar-refractivity contribution in [3.05, 3.63) is 57.8 Å². The first-order chi connectivity index (χ1) is 13.6. The molecule has 1 unspecified atom stereocenters. The van der Waals surface area contributed by atoms with E-state index in [4.69, 9.17) is 9.47 Å². The van der Waals surface area contributed by atoms with Crippen LogP contribution in [0.1, 0.15) is 24.0 Å². The van der Waals surface area contributed by atoms with Crippen LogP contribution in [0.5, 0.6) is 5.75 Å². The van der Waals surface area contributed by atoms with Crippen molar-refractivity contribution in [2.45, 2.75) is 31.9 Å². The van der Waals surface area contributed by atoms with E-state index in [1.165, 1.54) is 23.1 Å². The Morgan fingerprint density at radius 3 is 3.11 bits per heavy atom. The average molecular weight is 387 g/mol. The van der Waals surface area contributed by atoms with Gasteiger partial charge in [0.25, 0.3) is 5.56 Å². The lowest BCUT2D eigenvalue weighted by Crippen LogP contribution is -2.41. The summed E-state index contributed by atoms with van der Waals surface area (Å²) >= 11 is 0. The summed E-state index contributed by atoms with van der Waals surface area (Å²) in [5.41, 5.74) is 1.59. The van der Waals surface area contributed by atoms with Gasteiger partial charge in [-0.3, -0.25) is 4.79 Å². The lowest BCUT2D eigenvalue weighted by Gasteiger charge is -2.28. The van der Waals surface area contributed by atoms with Crippen molar-refractivity contribution in [1.29, 1.82) is 0 Å². The Bertz CT molecular complexity index is 924. The van der Waals surface area contributed by atoms with E-state index in [-0.39, 0.29) is 23.9 Å². The predicted molar refractivity (Wildman–Crippen MR) is 101 cm³/mol. The van der Waals surface area contributed by atoms with Crippen LogP contribution in [-0.4, -0.2) is 41.8 Å². The molecular formula is C20H22FN3O4. The maximum Gasteiger partial charge on any atom is 0.322 e. The normalized spacial score (nSPS) is 18.6. The Hall–Kier alpha value is -2.87. The number of fused-ring (bicyclic) bond motifs is 1. The third kappa shape index (κ3) is 4.01.